The number of imidazole rings is 1. The molecule has 0 spiro atoms. The van der Waals surface area contributed by atoms with Crippen LogP contribution in [0.25, 0.3) is 0 Å². The quantitative estimate of drug-likeness (QED) is 0.558. The van der Waals surface area contributed by atoms with Crippen LogP contribution < -0.4 is 5.69 Å². The van der Waals surface area contributed by atoms with Gasteiger partial charge >= 0.3 is 5.69 Å². The molecule has 0 radical (unpaired) electrons. The number of halogens is 1. The molecule has 2 aromatic heterocycles. The van der Waals surface area contributed by atoms with Crippen molar-refractivity contribution in [1.82, 2.24) is 23.4 Å². The van der Waals surface area contributed by atoms with Crippen LogP contribution in [0, 0.1) is 5.82 Å². The summed E-state index contributed by atoms with van der Waals surface area (Å²) in [5.74, 6) is -1.54. The highest BCUT2D eigenvalue weighted by Gasteiger charge is 2.23. The van der Waals surface area contributed by atoms with Crippen LogP contribution in [0.2, 0.25) is 0 Å². The molecule has 22 heavy (non-hydrogen) atoms. The predicted octanol–water partition coefficient (Wildman–Crippen LogP) is -0.426. The Morgan fingerprint density at radius 3 is 2.59 bits per heavy atom. The van der Waals surface area contributed by atoms with Crippen LogP contribution in [0.1, 0.15) is 0 Å². The molecule has 0 atom stereocenters. The lowest BCUT2D eigenvalue weighted by Crippen LogP contribution is -2.29. The normalized spacial score (nSPS) is 12.0. The molecular formula is C11H13FN6O3S. The maximum Gasteiger partial charge on any atom is 0.363 e. The summed E-state index contributed by atoms with van der Waals surface area (Å²) in [4.78, 5) is 24.0. The molecular weight excluding hydrogens is 315 g/mol. The van der Waals surface area contributed by atoms with Crippen LogP contribution in [0.5, 0.6) is 0 Å². The van der Waals surface area contributed by atoms with Gasteiger partial charge in [0.15, 0.2) is 16.7 Å². The molecule has 0 amide bonds. The van der Waals surface area contributed by atoms with Crippen molar-refractivity contribution in [1.29, 1.82) is 0 Å². The highest BCUT2D eigenvalue weighted by Crippen LogP contribution is 2.14. The number of aliphatic imine (C=N–C) groups is 1. The lowest BCUT2D eigenvalue weighted by molar-refractivity contribution is 0.568. The molecule has 2 rings (SSSR count). The van der Waals surface area contributed by atoms with Crippen molar-refractivity contribution in [3.63, 3.8) is 0 Å². The Bertz CT molecular complexity index is 883. The van der Waals surface area contributed by atoms with Crippen molar-refractivity contribution < 1.29 is 12.8 Å². The van der Waals surface area contributed by atoms with Crippen LogP contribution >= 0.6 is 0 Å². The summed E-state index contributed by atoms with van der Waals surface area (Å²) in [7, 11) is 0.544. The Hall–Kier alpha value is -2.56. The standard InChI is InChI=1S/C11H13FN6O3S/c1-16(2)6-14-10-8(12)4-18(11(19)15-10)22(20,21)9-5-17(3)7-13-9/h4-7H,1-3H3. The van der Waals surface area contributed by atoms with E-state index in [1.165, 1.54) is 28.3 Å². The third-order valence-electron chi connectivity index (χ3n) is 2.45. The average Bonchev–Trinajstić information content (AvgIpc) is 2.86. The maximum absolute atomic E-state index is 13.9. The number of aromatic nitrogens is 4. The zero-order chi connectivity index (χ0) is 16.5. The van der Waals surface area contributed by atoms with Gasteiger partial charge in [0.2, 0.25) is 0 Å². The lowest BCUT2D eigenvalue weighted by Gasteiger charge is -2.06. The number of hydrogen-bond donors (Lipinski definition) is 0. The summed E-state index contributed by atoms with van der Waals surface area (Å²) >= 11 is 0. The van der Waals surface area contributed by atoms with Crippen molar-refractivity contribution in [3.05, 3.63) is 35.0 Å². The van der Waals surface area contributed by atoms with E-state index < -0.39 is 27.3 Å². The second-order valence-electron chi connectivity index (χ2n) is 4.58. The fraction of sp³-hybridized carbons (Fsp3) is 0.273. The van der Waals surface area contributed by atoms with Gasteiger partial charge in [-0.1, -0.05) is 0 Å². The van der Waals surface area contributed by atoms with Gasteiger partial charge in [-0.15, -0.1) is 0 Å². The Labute approximate surface area is 125 Å². The van der Waals surface area contributed by atoms with Gasteiger partial charge < -0.3 is 9.47 Å². The summed E-state index contributed by atoms with van der Waals surface area (Å²) in [6, 6.07) is 0. The molecule has 2 aromatic rings. The van der Waals surface area contributed by atoms with E-state index in [1.54, 1.807) is 21.1 Å². The summed E-state index contributed by atoms with van der Waals surface area (Å²) in [5.41, 5.74) is -1.17. The number of rotatable bonds is 4. The minimum Gasteiger partial charge on any atom is -0.369 e. The predicted molar refractivity (Wildman–Crippen MR) is 76.1 cm³/mol. The van der Waals surface area contributed by atoms with Crippen molar-refractivity contribution in [3.8, 4) is 0 Å². The average molecular weight is 328 g/mol. The Morgan fingerprint density at radius 1 is 1.36 bits per heavy atom. The summed E-state index contributed by atoms with van der Waals surface area (Å²) in [6.07, 6.45) is 4.21. The van der Waals surface area contributed by atoms with Crippen molar-refractivity contribution in [2.45, 2.75) is 5.03 Å². The molecule has 2 heterocycles. The van der Waals surface area contributed by atoms with Gasteiger partial charge in [-0.25, -0.2) is 19.2 Å². The summed E-state index contributed by atoms with van der Waals surface area (Å²) in [5, 5.41) is -0.386. The topological polar surface area (TPSA) is 102 Å². The van der Waals surface area contributed by atoms with Gasteiger partial charge in [-0.2, -0.15) is 17.4 Å². The van der Waals surface area contributed by atoms with Crippen LogP contribution in [0.3, 0.4) is 0 Å². The first-order valence-corrected chi connectivity index (χ1v) is 7.39. The first-order valence-electron chi connectivity index (χ1n) is 5.95. The highest BCUT2D eigenvalue weighted by molar-refractivity contribution is 7.89. The first kappa shape index (κ1) is 15.8. The second kappa shape index (κ2) is 5.67. The minimum absolute atomic E-state index is 0.194. The van der Waals surface area contributed by atoms with Crippen LogP contribution in [0.4, 0.5) is 10.2 Å². The van der Waals surface area contributed by atoms with E-state index >= 15 is 0 Å². The van der Waals surface area contributed by atoms with Gasteiger partial charge in [0.05, 0.1) is 18.9 Å². The first-order chi connectivity index (χ1) is 10.2. The number of hydrogen-bond acceptors (Lipinski definition) is 6. The Morgan fingerprint density at radius 2 is 2.05 bits per heavy atom. The fourth-order valence-corrected chi connectivity index (χ4v) is 2.62. The number of aryl methyl sites for hydroxylation is 1. The van der Waals surface area contributed by atoms with Crippen molar-refractivity contribution >= 4 is 22.2 Å². The smallest absolute Gasteiger partial charge is 0.363 e. The van der Waals surface area contributed by atoms with Gasteiger partial charge in [-0.3, -0.25) is 0 Å². The Balaban J connectivity index is 2.54. The molecule has 0 aromatic carbocycles. The molecule has 0 saturated heterocycles. The van der Waals surface area contributed by atoms with Crippen LogP contribution in [-0.2, 0) is 17.1 Å². The van der Waals surface area contributed by atoms with E-state index in [0.29, 0.717) is 6.20 Å². The van der Waals surface area contributed by atoms with Crippen LogP contribution in [-0.4, -0.2) is 52.3 Å². The molecule has 11 heteroatoms. The van der Waals surface area contributed by atoms with Crippen LogP contribution in [0.15, 0.2) is 33.5 Å². The van der Waals surface area contributed by atoms with Crippen molar-refractivity contribution in [2.24, 2.45) is 12.0 Å². The molecule has 0 aliphatic rings. The van der Waals surface area contributed by atoms with E-state index in [-0.39, 0.29) is 9.00 Å². The minimum atomic E-state index is -4.31. The number of nitrogens with zero attached hydrogens (tertiary/aromatic N) is 6. The zero-order valence-electron chi connectivity index (χ0n) is 12.0. The molecule has 0 aliphatic heterocycles. The molecule has 0 saturated carbocycles. The SMILES string of the molecule is CN(C)C=Nc1nc(=O)n(S(=O)(=O)c2cn(C)cn2)cc1F. The molecule has 118 valence electrons. The molecule has 0 bridgehead atoms. The second-order valence-corrected chi connectivity index (χ2v) is 6.34. The summed E-state index contributed by atoms with van der Waals surface area (Å²) in [6.45, 7) is 0. The van der Waals surface area contributed by atoms with Gasteiger partial charge in [0, 0.05) is 27.3 Å². The lowest BCUT2D eigenvalue weighted by atomic mass is 10.6. The van der Waals surface area contributed by atoms with Gasteiger partial charge in [0.1, 0.15) is 0 Å². The van der Waals surface area contributed by atoms with Gasteiger partial charge in [-0.05, 0) is 0 Å². The van der Waals surface area contributed by atoms with Gasteiger partial charge in [0.25, 0.3) is 10.0 Å². The highest BCUT2D eigenvalue weighted by atomic mass is 32.2. The molecule has 0 aliphatic carbocycles. The maximum atomic E-state index is 13.9. The summed E-state index contributed by atoms with van der Waals surface area (Å²) < 4.78 is 39.9. The molecule has 9 nitrogen and oxygen atoms in total. The zero-order valence-corrected chi connectivity index (χ0v) is 12.8. The van der Waals surface area contributed by atoms with E-state index in [0.717, 1.165) is 0 Å². The fourth-order valence-electron chi connectivity index (χ4n) is 1.46. The monoisotopic (exact) mass is 328 g/mol. The largest absolute Gasteiger partial charge is 0.369 e. The molecule has 0 unspecified atom stereocenters. The third-order valence-corrected chi connectivity index (χ3v) is 3.97. The third kappa shape index (κ3) is 3.03. The van der Waals surface area contributed by atoms with Crippen molar-refractivity contribution in [2.75, 3.05) is 14.1 Å². The Kier molecular flexibility index (Phi) is 4.08. The molecule has 0 fully saturated rings. The van der Waals surface area contributed by atoms with E-state index in [9.17, 15) is 17.6 Å². The van der Waals surface area contributed by atoms with E-state index in [2.05, 4.69) is 15.0 Å². The molecule has 0 N–H and O–H groups in total. The van der Waals surface area contributed by atoms with E-state index in [4.69, 9.17) is 0 Å². The van der Waals surface area contributed by atoms with E-state index in [1.807, 2.05) is 0 Å².